The van der Waals surface area contributed by atoms with Gasteiger partial charge in [0.2, 0.25) is 0 Å². The lowest BCUT2D eigenvalue weighted by Gasteiger charge is -2.19. The number of rotatable bonds is 0. The summed E-state index contributed by atoms with van der Waals surface area (Å²) < 4.78 is 5.12. The molecule has 1 saturated carbocycles. The van der Waals surface area contributed by atoms with E-state index in [9.17, 15) is 9.59 Å². The van der Waals surface area contributed by atoms with Gasteiger partial charge < -0.3 is 4.74 Å². The number of carbonyl (C=O) groups excluding carboxylic acids is 2. The molecular weight excluding hydrogens is 144 g/mol. The molecule has 1 unspecified atom stereocenters. The first kappa shape index (κ1) is 6.83. The van der Waals surface area contributed by atoms with Gasteiger partial charge in [-0.05, 0) is 12.8 Å². The first-order valence-corrected chi connectivity index (χ1v) is 3.94. The van der Waals surface area contributed by atoms with Crippen LogP contribution in [0.3, 0.4) is 0 Å². The Kier molecular flexibility index (Phi) is 1.28. The predicted octanol–water partition coefficient (Wildman–Crippen LogP) is 0.815. The van der Waals surface area contributed by atoms with Crippen molar-refractivity contribution in [3.8, 4) is 0 Å². The largest absolute Gasteiger partial charge is 0.459 e. The molecule has 1 aliphatic heterocycles. The van der Waals surface area contributed by atoms with Gasteiger partial charge in [-0.15, -0.1) is 0 Å². The van der Waals surface area contributed by atoms with Crippen LogP contribution in [0.15, 0.2) is 0 Å². The van der Waals surface area contributed by atoms with Crippen LogP contribution in [0, 0.1) is 0 Å². The van der Waals surface area contributed by atoms with Gasteiger partial charge in [-0.3, -0.25) is 9.59 Å². The highest BCUT2D eigenvalue weighted by molar-refractivity contribution is 5.84. The van der Waals surface area contributed by atoms with E-state index in [4.69, 9.17) is 4.74 Å². The second kappa shape index (κ2) is 2.06. The summed E-state index contributed by atoms with van der Waals surface area (Å²) in [7, 11) is 0. The van der Waals surface area contributed by atoms with Crippen molar-refractivity contribution in [1.29, 1.82) is 0 Å². The maximum absolute atomic E-state index is 10.9. The molecule has 0 aromatic rings. The van der Waals surface area contributed by atoms with Gasteiger partial charge in [0, 0.05) is 19.3 Å². The van der Waals surface area contributed by atoms with Crippen LogP contribution in [-0.4, -0.2) is 17.4 Å². The van der Waals surface area contributed by atoms with E-state index in [2.05, 4.69) is 0 Å². The zero-order chi connectivity index (χ0) is 7.90. The summed E-state index contributed by atoms with van der Waals surface area (Å²) in [5.41, 5.74) is -0.367. The van der Waals surface area contributed by atoms with E-state index in [0.29, 0.717) is 19.3 Å². The molecule has 11 heavy (non-hydrogen) atoms. The van der Waals surface area contributed by atoms with E-state index in [0.717, 1.165) is 12.8 Å². The van der Waals surface area contributed by atoms with E-state index in [1.165, 1.54) is 0 Å². The minimum absolute atomic E-state index is 0.139. The fraction of sp³-hybridized carbons (Fsp3) is 0.750. The topological polar surface area (TPSA) is 43.4 Å². The van der Waals surface area contributed by atoms with Crippen LogP contribution >= 0.6 is 0 Å². The summed E-state index contributed by atoms with van der Waals surface area (Å²) in [6, 6.07) is 0. The van der Waals surface area contributed by atoms with E-state index in [-0.39, 0.29) is 17.4 Å². The highest BCUT2D eigenvalue weighted by atomic mass is 16.6. The van der Waals surface area contributed by atoms with Crippen molar-refractivity contribution >= 4 is 11.8 Å². The van der Waals surface area contributed by atoms with Crippen molar-refractivity contribution in [2.24, 2.45) is 0 Å². The van der Waals surface area contributed by atoms with Crippen LogP contribution in [0.5, 0.6) is 0 Å². The molecule has 2 rings (SSSR count). The average molecular weight is 154 g/mol. The lowest BCUT2D eigenvalue weighted by molar-refractivity contribution is -0.148. The fourth-order valence-corrected chi connectivity index (χ4v) is 1.88. The molecule has 0 radical (unpaired) electrons. The van der Waals surface area contributed by atoms with Gasteiger partial charge in [0.15, 0.2) is 0 Å². The van der Waals surface area contributed by atoms with Gasteiger partial charge in [0.25, 0.3) is 0 Å². The Morgan fingerprint density at radius 2 is 1.91 bits per heavy atom. The molecule has 2 aliphatic rings. The second-order valence-electron chi connectivity index (χ2n) is 3.37. The lowest BCUT2D eigenvalue weighted by Crippen LogP contribution is -2.24. The molecule has 0 bridgehead atoms. The van der Waals surface area contributed by atoms with Crippen molar-refractivity contribution < 1.29 is 14.3 Å². The third kappa shape index (κ3) is 1.04. The first-order chi connectivity index (χ1) is 5.20. The van der Waals surface area contributed by atoms with E-state index >= 15 is 0 Å². The highest BCUT2D eigenvalue weighted by Crippen LogP contribution is 2.39. The van der Waals surface area contributed by atoms with Crippen molar-refractivity contribution in [3.05, 3.63) is 0 Å². The normalized spacial score (nSPS) is 36.7. The molecule has 0 aromatic heterocycles. The Balaban J connectivity index is 2.13. The molecule has 3 nitrogen and oxygen atoms in total. The van der Waals surface area contributed by atoms with E-state index in [1.54, 1.807) is 0 Å². The molecule has 0 aromatic carbocycles. The molecule has 0 amide bonds. The molecule has 1 atom stereocenters. The molecule has 1 saturated heterocycles. The average Bonchev–Trinajstić information content (AvgIpc) is 2.44. The molecule has 1 aliphatic carbocycles. The third-order valence-corrected chi connectivity index (χ3v) is 2.49. The summed E-state index contributed by atoms with van der Waals surface area (Å²) in [4.78, 5) is 21.7. The smallest absolute Gasteiger partial charge is 0.306 e. The van der Waals surface area contributed by atoms with Crippen molar-refractivity contribution in [2.45, 2.75) is 37.7 Å². The first-order valence-electron chi connectivity index (χ1n) is 3.94. The Hall–Kier alpha value is -0.860. The van der Waals surface area contributed by atoms with Crippen LogP contribution in [0.1, 0.15) is 32.1 Å². The molecule has 3 heteroatoms. The number of hydrogen-bond donors (Lipinski definition) is 0. The number of ketones is 1. The molecular formula is C8H10O3. The standard InChI is InChI=1S/C8H10O3/c9-6-1-3-8(5-6)4-2-7(10)11-8/h1-5H2. The van der Waals surface area contributed by atoms with Gasteiger partial charge in [0.05, 0.1) is 0 Å². The van der Waals surface area contributed by atoms with Crippen LogP contribution in [-0.2, 0) is 14.3 Å². The summed E-state index contributed by atoms with van der Waals surface area (Å²) in [6.07, 6.45) is 3.04. The van der Waals surface area contributed by atoms with Crippen molar-refractivity contribution in [1.82, 2.24) is 0 Å². The number of ether oxygens (including phenoxy) is 1. The minimum Gasteiger partial charge on any atom is -0.459 e. The Labute approximate surface area is 64.7 Å². The summed E-state index contributed by atoms with van der Waals surface area (Å²) in [5.74, 6) is 0.0967. The fourth-order valence-electron chi connectivity index (χ4n) is 1.88. The summed E-state index contributed by atoms with van der Waals surface area (Å²) in [6.45, 7) is 0. The number of Topliss-reactive ketones (excluding diaryl/α,β-unsaturated/α-hetero) is 1. The number of esters is 1. The van der Waals surface area contributed by atoms with Crippen LogP contribution < -0.4 is 0 Å². The zero-order valence-corrected chi connectivity index (χ0v) is 6.26. The van der Waals surface area contributed by atoms with Gasteiger partial charge >= 0.3 is 5.97 Å². The third-order valence-electron chi connectivity index (χ3n) is 2.49. The summed E-state index contributed by atoms with van der Waals surface area (Å²) >= 11 is 0. The molecule has 60 valence electrons. The molecule has 1 heterocycles. The van der Waals surface area contributed by atoms with Gasteiger partial charge in [-0.25, -0.2) is 0 Å². The van der Waals surface area contributed by atoms with E-state index in [1.807, 2.05) is 0 Å². The molecule has 2 fully saturated rings. The maximum atomic E-state index is 10.9. The van der Waals surface area contributed by atoms with Gasteiger partial charge in [-0.1, -0.05) is 0 Å². The van der Waals surface area contributed by atoms with Gasteiger partial charge in [0.1, 0.15) is 11.4 Å². The van der Waals surface area contributed by atoms with Crippen molar-refractivity contribution in [2.75, 3.05) is 0 Å². The Morgan fingerprint density at radius 3 is 2.36 bits per heavy atom. The maximum Gasteiger partial charge on any atom is 0.306 e. The zero-order valence-electron chi connectivity index (χ0n) is 6.26. The predicted molar refractivity (Wildman–Crippen MR) is 36.9 cm³/mol. The number of hydrogen-bond acceptors (Lipinski definition) is 3. The highest BCUT2D eigenvalue weighted by Gasteiger charge is 2.45. The Bertz CT molecular complexity index is 195. The van der Waals surface area contributed by atoms with E-state index < -0.39 is 0 Å². The quantitative estimate of drug-likeness (QED) is 0.485. The van der Waals surface area contributed by atoms with Crippen LogP contribution in [0.2, 0.25) is 0 Å². The minimum atomic E-state index is -0.367. The van der Waals surface area contributed by atoms with Crippen LogP contribution in [0.25, 0.3) is 0 Å². The van der Waals surface area contributed by atoms with Crippen LogP contribution in [0.4, 0.5) is 0 Å². The molecule has 1 spiro atoms. The van der Waals surface area contributed by atoms with Crippen molar-refractivity contribution in [3.63, 3.8) is 0 Å². The number of carbonyl (C=O) groups is 2. The lowest BCUT2D eigenvalue weighted by atomic mass is 9.99. The second-order valence-corrected chi connectivity index (χ2v) is 3.37. The van der Waals surface area contributed by atoms with Gasteiger partial charge in [-0.2, -0.15) is 0 Å². The monoisotopic (exact) mass is 154 g/mol. The molecule has 0 N–H and O–H groups in total. The SMILES string of the molecule is O=C1CCC2(CCC(=O)O2)C1. The Morgan fingerprint density at radius 1 is 1.18 bits per heavy atom. The summed E-state index contributed by atoms with van der Waals surface area (Å²) in [5, 5.41) is 0.